The van der Waals surface area contributed by atoms with Gasteiger partial charge in [0.15, 0.2) is 0 Å². The molecule has 1 atom stereocenters. The number of hydrogen-bond acceptors (Lipinski definition) is 3. The Morgan fingerprint density at radius 1 is 1.70 bits per heavy atom. The highest BCUT2D eigenvalue weighted by atomic mass is 32.2. The van der Waals surface area contributed by atoms with E-state index in [-0.39, 0.29) is 11.0 Å². The van der Waals surface area contributed by atoms with Crippen molar-refractivity contribution in [2.75, 3.05) is 5.75 Å². The molecule has 1 aliphatic heterocycles. The van der Waals surface area contributed by atoms with Crippen LogP contribution >= 0.6 is 11.8 Å². The van der Waals surface area contributed by atoms with Crippen LogP contribution in [-0.2, 0) is 9.59 Å². The molecule has 1 saturated heterocycles. The maximum atomic E-state index is 10.6. The standard InChI is InChI=1S/C6H8O3S/c7-4-1-2-5(6(8)9)10-3-4/h5H,1-3H2,(H,8,9). The molecule has 0 spiro atoms. The molecule has 1 rings (SSSR count). The molecule has 3 nitrogen and oxygen atoms in total. The monoisotopic (exact) mass is 160 g/mol. The van der Waals surface area contributed by atoms with Crippen LogP contribution in [0.4, 0.5) is 0 Å². The summed E-state index contributed by atoms with van der Waals surface area (Å²) in [7, 11) is 0. The highest BCUT2D eigenvalue weighted by Crippen LogP contribution is 2.22. The zero-order valence-corrected chi connectivity index (χ0v) is 6.19. The number of carboxylic acid groups (broad SMARTS) is 1. The van der Waals surface area contributed by atoms with Crippen molar-refractivity contribution in [2.24, 2.45) is 0 Å². The van der Waals surface area contributed by atoms with Gasteiger partial charge in [0.1, 0.15) is 11.0 Å². The summed E-state index contributed by atoms with van der Waals surface area (Å²) < 4.78 is 0. The summed E-state index contributed by atoms with van der Waals surface area (Å²) in [5.41, 5.74) is 0. The van der Waals surface area contributed by atoms with Gasteiger partial charge in [0, 0.05) is 6.42 Å². The zero-order chi connectivity index (χ0) is 7.56. The molecule has 1 fully saturated rings. The van der Waals surface area contributed by atoms with E-state index in [1.54, 1.807) is 0 Å². The summed E-state index contributed by atoms with van der Waals surface area (Å²) >= 11 is 1.23. The van der Waals surface area contributed by atoms with Crippen molar-refractivity contribution in [3.05, 3.63) is 0 Å². The summed E-state index contributed by atoms with van der Waals surface area (Å²) in [5.74, 6) is -0.253. The molecule has 10 heavy (non-hydrogen) atoms. The van der Waals surface area contributed by atoms with E-state index in [0.717, 1.165) is 0 Å². The third-order valence-electron chi connectivity index (χ3n) is 1.41. The molecule has 0 aromatic carbocycles. The topological polar surface area (TPSA) is 54.4 Å². The normalized spacial score (nSPS) is 26.4. The number of hydrogen-bond donors (Lipinski definition) is 1. The summed E-state index contributed by atoms with van der Waals surface area (Å²) in [4.78, 5) is 20.9. The van der Waals surface area contributed by atoms with Crippen molar-refractivity contribution in [2.45, 2.75) is 18.1 Å². The summed E-state index contributed by atoms with van der Waals surface area (Å²) in [5, 5.41) is 8.14. The second-order valence-electron chi connectivity index (χ2n) is 2.22. The highest BCUT2D eigenvalue weighted by molar-refractivity contribution is 8.01. The van der Waals surface area contributed by atoms with Gasteiger partial charge < -0.3 is 5.11 Å². The van der Waals surface area contributed by atoms with Crippen LogP contribution in [0.3, 0.4) is 0 Å². The molecular weight excluding hydrogens is 152 g/mol. The van der Waals surface area contributed by atoms with Gasteiger partial charge in [-0.2, -0.15) is 0 Å². The number of aliphatic carboxylic acids is 1. The predicted molar refractivity (Wildman–Crippen MR) is 38.1 cm³/mol. The van der Waals surface area contributed by atoms with Gasteiger partial charge in [-0.25, -0.2) is 0 Å². The zero-order valence-electron chi connectivity index (χ0n) is 5.37. The average Bonchev–Trinajstić information content (AvgIpc) is 1.88. The maximum Gasteiger partial charge on any atom is 0.316 e. The van der Waals surface area contributed by atoms with Gasteiger partial charge in [-0.05, 0) is 6.42 Å². The van der Waals surface area contributed by atoms with Gasteiger partial charge in [-0.3, -0.25) is 9.59 Å². The molecule has 0 amide bonds. The second-order valence-corrected chi connectivity index (χ2v) is 3.41. The number of thioether (sulfide) groups is 1. The van der Waals surface area contributed by atoms with Crippen molar-refractivity contribution in [3.63, 3.8) is 0 Å². The number of carbonyl (C=O) groups is 2. The Morgan fingerprint density at radius 3 is 2.80 bits per heavy atom. The molecule has 0 radical (unpaired) electrons. The molecule has 1 N–H and O–H groups in total. The van der Waals surface area contributed by atoms with Gasteiger partial charge in [-0.15, -0.1) is 11.8 Å². The Morgan fingerprint density at radius 2 is 2.40 bits per heavy atom. The fourth-order valence-corrected chi connectivity index (χ4v) is 1.79. The van der Waals surface area contributed by atoms with Crippen molar-refractivity contribution >= 4 is 23.5 Å². The van der Waals surface area contributed by atoms with E-state index in [1.165, 1.54) is 11.8 Å². The Labute approximate surface area is 62.8 Å². The molecular formula is C6H8O3S. The van der Waals surface area contributed by atoms with Crippen LogP contribution in [-0.4, -0.2) is 27.9 Å². The van der Waals surface area contributed by atoms with Crippen molar-refractivity contribution in [1.82, 2.24) is 0 Å². The minimum atomic E-state index is -0.794. The van der Waals surface area contributed by atoms with Gasteiger partial charge in [0.2, 0.25) is 0 Å². The van der Waals surface area contributed by atoms with Crippen molar-refractivity contribution in [1.29, 1.82) is 0 Å². The predicted octanol–water partition coefficient (Wildman–Crippen LogP) is 0.536. The maximum absolute atomic E-state index is 10.6. The van der Waals surface area contributed by atoms with Gasteiger partial charge in [0.05, 0.1) is 5.75 Å². The van der Waals surface area contributed by atoms with E-state index in [9.17, 15) is 9.59 Å². The van der Waals surface area contributed by atoms with Crippen LogP contribution in [0.1, 0.15) is 12.8 Å². The molecule has 1 aliphatic rings. The van der Waals surface area contributed by atoms with Crippen LogP contribution in [0.25, 0.3) is 0 Å². The molecule has 1 heterocycles. The number of ketones is 1. The molecule has 0 saturated carbocycles. The quantitative estimate of drug-likeness (QED) is 0.608. The molecule has 4 heteroatoms. The first-order chi connectivity index (χ1) is 4.70. The largest absolute Gasteiger partial charge is 0.480 e. The first kappa shape index (κ1) is 7.60. The lowest BCUT2D eigenvalue weighted by molar-refractivity contribution is -0.136. The van der Waals surface area contributed by atoms with E-state index in [4.69, 9.17) is 5.11 Å². The Hall–Kier alpha value is -0.510. The lowest BCUT2D eigenvalue weighted by atomic mass is 10.2. The minimum absolute atomic E-state index is 0.169. The van der Waals surface area contributed by atoms with E-state index in [2.05, 4.69) is 0 Å². The average molecular weight is 160 g/mol. The van der Waals surface area contributed by atoms with Crippen LogP contribution in [0, 0.1) is 0 Å². The Kier molecular flexibility index (Phi) is 2.32. The summed E-state index contributed by atoms with van der Waals surface area (Å²) in [6, 6.07) is 0. The van der Waals surface area contributed by atoms with Crippen LogP contribution in [0.15, 0.2) is 0 Å². The van der Waals surface area contributed by atoms with E-state index in [1.807, 2.05) is 0 Å². The molecule has 0 aromatic rings. The Bertz CT molecular complexity index is 156. The Balaban J connectivity index is 2.40. The van der Waals surface area contributed by atoms with Gasteiger partial charge in [-0.1, -0.05) is 0 Å². The van der Waals surface area contributed by atoms with Crippen molar-refractivity contribution in [3.8, 4) is 0 Å². The third-order valence-corrected chi connectivity index (χ3v) is 2.73. The van der Waals surface area contributed by atoms with E-state index < -0.39 is 5.97 Å². The number of carbonyl (C=O) groups excluding carboxylic acids is 1. The summed E-state index contributed by atoms with van der Waals surface area (Å²) in [6.45, 7) is 0. The number of carboxylic acids is 1. The smallest absolute Gasteiger partial charge is 0.316 e. The van der Waals surface area contributed by atoms with Crippen LogP contribution in [0.2, 0.25) is 0 Å². The molecule has 0 aliphatic carbocycles. The first-order valence-electron chi connectivity index (χ1n) is 3.06. The second kappa shape index (κ2) is 3.05. The number of rotatable bonds is 1. The molecule has 0 aromatic heterocycles. The van der Waals surface area contributed by atoms with Gasteiger partial charge in [0.25, 0.3) is 0 Å². The van der Waals surface area contributed by atoms with Crippen LogP contribution in [0.5, 0.6) is 0 Å². The highest BCUT2D eigenvalue weighted by Gasteiger charge is 2.24. The van der Waals surface area contributed by atoms with Crippen molar-refractivity contribution < 1.29 is 14.7 Å². The molecule has 0 bridgehead atoms. The SMILES string of the molecule is O=C1CCC(C(=O)O)SC1. The summed E-state index contributed by atoms with van der Waals surface area (Å²) in [6.07, 6.45) is 0.933. The van der Waals surface area contributed by atoms with E-state index >= 15 is 0 Å². The third kappa shape index (κ3) is 1.73. The lowest BCUT2D eigenvalue weighted by Crippen LogP contribution is -2.24. The van der Waals surface area contributed by atoms with E-state index in [0.29, 0.717) is 18.6 Å². The van der Waals surface area contributed by atoms with Crippen LogP contribution < -0.4 is 0 Å². The molecule has 56 valence electrons. The minimum Gasteiger partial charge on any atom is -0.480 e. The molecule has 1 unspecified atom stereocenters. The first-order valence-corrected chi connectivity index (χ1v) is 4.11. The number of Topliss-reactive ketones (excluding diaryl/α,β-unsaturated/α-hetero) is 1. The fourth-order valence-electron chi connectivity index (χ4n) is 0.836. The van der Waals surface area contributed by atoms with Gasteiger partial charge >= 0.3 is 5.97 Å². The lowest BCUT2D eigenvalue weighted by Gasteiger charge is -2.15. The fraction of sp³-hybridized carbons (Fsp3) is 0.667.